The Morgan fingerprint density at radius 3 is 2.50 bits per heavy atom. The first kappa shape index (κ1) is 25.3. The molecule has 34 heavy (non-hydrogen) atoms. The van der Waals surface area contributed by atoms with Crippen molar-refractivity contribution in [1.29, 1.82) is 0 Å². The van der Waals surface area contributed by atoms with Gasteiger partial charge in [0.05, 0.1) is 6.20 Å². The van der Waals surface area contributed by atoms with Crippen LogP contribution in [-0.4, -0.2) is 29.7 Å². The van der Waals surface area contributed by atoms with Gasteiger partial charge in [0.1, 0.15) is 0 Å². The Labute approximate surface area is 204 Å². The molecule has 3 rings (SSSR count). The van der Waals surface area contributed by atoms with Crippen LogP contribution in [-0.2, 0) is 11.2 Å². The van der Waals surface area contributed by atoms with E-state index in [0.717, 1.165) is 42.5 Å². The summed E-state index contributed by atoms with van der Waals surface area (Å²) in [5.41, 5.74) is 9.17. The number of amides is 1. The third kappa shape index (κ3) is 6.83. The number of carbonyl (C=O) groups is 1. The molecule has 180 valence electrons. The van der Waals surface area contributed by atoms with E-state index in [2.05, 4.69) is 78.9 Å². The molecular formula is C29H38N4O. The molecular weight excluding hydrogens is 420 g/mol. The van der Waals surface area contributed by atoms with Crippen LogP contribution in [0.3, 0.4) is 0 Å². The van der Waals surface area contributed by atoms with Gasteiger partial charge in [0, 0.05) is 37.0 Å². The molecule has 0 aliphatic heterocycles. The van der Waals surface area contributed by atoms with Crippen LogP contribution in [0.4, 0.5) is 0 Å². The van der Waals surface area contributed by atoms with Crippen LogP contribution < -0.4 is 10.6 Å². The van der Waals surface area contributed by atoms with Gasteiger partial charge in [-0.1, -0.05) is 49.8 Å². The molecule has 3 N–H and O–H groups in total. The molecule has 1 unspecified atom stereocenters. The van der Waals surface area contributed by atoms with Gasteiger partial charge in [0.15, 0.2) is 0 Å². The second-order valence-corrected chi connectivity index (χ2v) is 8.99. The summed E-state index contributed by atoms with van der Waals surface area (Å²) in [7, 11) is 1.95. The number of hydrogen-bond acceptors (Lipinski definition) is 3. The number of rotatable bonds is 11. The Kier molecular flexibility index (Phi) is 9.08. The predicted octanol–water partition coefficient (Wildman–Crippen LogP) is 5.74. The van der Waals surface area contributed by atoms with Gasteiger partial charge in [-0.25, -0.2) is 0 Å². The molecule has 5 nitrogen and oxygen atoms in total. The zero-order valence-electron chi connectivity index (χ0n) is 21.2. The summed E-state index contributed by atoms with van der Waals surface area (Å²) in [4.78, 5) is 13.4. The van der Waals surface area contributed by atoms with Gasteiger partial charge in [-0.15, -0.1) is 0 Å². The molecule has 1 amide bonds. The summed E-state index contributed by atoms with van der Waals surface area (Å²) in [6, 6.07) is 10.5. The smallest absolute Gasteiger partial charge is 0.251 e. The molecule has 0 spiro atoms. The highest BCUT2D eigenvalue weighted by atomic mass is 16.1. The SMILES string of the molecule is CCC(C)=C(/C=C(\C=C(/C)C(NC)=C1CC1)C(=O)NCCc1cn[nH]c1)C(C)c1ccccc1. The maximum atomic E-state index is 13.4. The summed E-state index contributed by atoms with van der Waals surface area (Å²) in [6.45, 7) is 9.20. The van der Waals surface area contributed by atoms with E-state index in [4.69, 9.17) is 0 Å². The van der Waals surface area contributed by atoms with Crippen LogP contribution in [0.1, 0.15) is 64.0 Å². The summed E-state index contributed by atoms with van der Waals surface area (Å²) < 4.78 is 0. The lowest BCUT2D eigenvalue weighted by Crippen LogP contribution is -2.27. The van der Waals surface area contributed by atoms with Gasteiger partial charge in [-0.3, -0.25) is 9.89 Å². The predicted molar refractivity (Wildman–Crippen MR) is 140 cm³/mol. The molecule has 1 saturated carbocycles. The van der Waals surface area contributed by atoms with Crippen molar-refractivity contribution in [1.82, 2.24) is 20.8 Å². The molecule has 1 fully saturated rings. The molecule has 0 radical (unpaired) electrons. The standard InChI is InChI=1S/C29H38N4O/c1-6-20(2)27(22(4)24-10-8-7-9-11-24)17-26(16-21(3)28(30-5)25-12-13-25)29(34)31-15-14-23-18-32-33-19-23/h7-11,16-19,22,30H,6,12-15H2,1-5H3,(H,31,34)(H,32,33)/b21-16+,26-17+,27-20?. The second kappa shape index (κ2) is 12.2. The van der Waals surface area contributed by atoms with E-state index in [1.54, 1.807) is 6.20 Å². The van der Waals surface area contributed by atoms with Crippen LogP contribution in [0.25, 0.3) is 0 Å². The first-order valence-corrected chi connectivity index (χ1v) is 12.2. The Morgan fingerprint density at radius 2 is 1.91 bits per heavy atom. The summed E-state index contributed by atoms with van der Waals surface area (Å²) in [6.07, 6.45) is 11.7. The quantitative estimate of drug-likeness (QED) is 0.297. The van der Waals surface area contributed by atoms with Crippen molar-refractivity contribution in [2.75, 3.05) is 13.6 Å². The Hall–Kier alpha value is -3.34. The average molecular weight is 459 g/mol. The lowest BCUT2D eigenvalue weighted by atomic mass is 9.87. The third-order valence-electron chi connectivity index (χ3n) is 6.49. The number of aromatic nitrogens is 2. The van der Waals surface area contributed by atoms with E-state index in [1.807, 2.05) is 25.4 Å². The van der Waals surface area contributed by atoms with Crippen molar-refractivity contribution in [3.05, 3.63) is 99.6 Å². The number of nitrogens with one attached hydrogen (secondary N) is 3. The zero-order valence-corrected chi connectivity index (χ0v) is 21.2. The lowest BCUT2D eigenvalue weighted by molar-refractivity contribution is -0.117. The van der Waals surface area contributed by atoms with Crippen LogP contribution in [0.15, 0.2) is 88.4 Å². The van der Waals surface area contributed by atoms with E-state index in [9.17, 15) is 4.79 Å². The average Bonchev–Trinajstić information content (AvgIpc) is 3.55. The first-order valence-electron chi connectivity index (χ1n) is 12.2. The maximum absolute atomic E-state index is 13.4. The van der Waals surface area contributed by atoms with E-state index >= 15 is 0 Å². The van der Waals surface area contributed by atoms with Crippen LogP contribution in [0.5, 0.6) is 0 Å². The summed E-state index contributed by atoms with van der Waals surface area (Å²) in [5.74, 6) is 0.134. The number of nitrogens with zero attached hydrogens (tertiary/aromatic N) is 1. The van der Waals surface area contributed by atoms with Crippen LogP contribution in [0.2, 0.25) is 0 Å². The fourth-order valence-corrected chi connectivity index (χ4v) is 4.19. The first-order chi connectivity index (χ1) is 16.4. The minimum absolute atomic E-state index is 0.0549. The fraction of sp³-hybridized carbons (Fsp3) is 0.379. The van der Waals surface area contributed by atoms with Gasteiger partial charge in [-0.05, 0) is 79.5 Å². The van der Waals surface area contributed by atoms with E-state index in [1.165, 1.54) is 22.3 Å². The molecule has 0 saturated heterocycles. The highest BCUT2D eigenvalue weighted by molar-refractivity contribution is 5.97. The molecule has 2 aromatic rings. The van der Waals surface area contributed by atoms with Gasteiger partial charge >= 0.3 is 0 Å². The third-order valence-corrected chi connectivity index (χ3v) is 6.49. The molecule has 1 aromatic carbocycles. The van der Waals surface area contributed by atoms with E-state index < -0.39 is 0 Å². The number of hydrogen-bond donors (Lipinski definition) is 3. The molecule has 1 heterocycles. The Morgan fingerprint density at radius 1 is 1.18 bits per heavy atom. The maximum Gasteiger partial charge on any atom is 0.251 e. The zero-order chi connectivity index (χ0) is 24.5. The molecule has 0 bridgehead atoms. The van der Waals surface area contributed by atoms with E-state index in [-0.39, 0.29) is 11.8 Å². The van der Waals surface area contributed by atoms with Gasteiger partial charge < -0.3 is 10.6 Å². The molecule has 1 atom stereocenters. The van der Waals surface area contributed by atoms with Crippen molar-refractivity contribution >= 4 is 5.91 Å². The highest BCUT2D eigenvalue weighted by Gasteiger charge is 2.20. The number of benzene rings is 1. The van der Waals surface area contributed by atoms with Crippen LogP contribution in [0, 0.1) is 0 Å². The number of likely N-dealkylation sites (N-methyl/N-ethyl adjacent to an activating group) is 1. The van der Waals surface area contributed by atoms with E-state index in [0.29, 0.717) is 12.1 Å². The van der Waals surface area contributed by atoms with Gasteiger partial charge in [0.25, 0.3) is 5.91 Å². The van der Waals surface area contributed by atoms with Crippen molar-refractivity contribution in [2.45, 2.75) is 59.3 Å². The Balaban J connectivity index is 1.95. The number of allylic oxidation sites excluding steroid dienone is 5. The van der Waals surface area contributed by atoms with Crippen molar-refractivity contribution in [2.24, 2.45) is 0 Å². The topological polar surface area (TPSA) is 69.8 Å². The molecule has 1 aromatic heterocycles. The summed E-state index contributed by atoms with van der Waals surface area (Å²) >= 11 is 0. The molecule has 1 aliphatic carbocycles. The minimum atomic E-state index is -0.0549. The number of carbonyl (C=O) groups excluding carboxylic acids is 1. The highest BCUT2D eigenvalue weighted by Crippen LogP contribution is 2.34. The number of aromatic amines is 1. The normalized spacial score (nSPS) is 15.5. The largest absolute Gasteiger partial charge is 0.388 e. The lowest BCUT2D eigenvalue weighted by Gasteiger charge is -2.18. The molecule has 5 heteroatoms. The number of H-pyrrole nitrogens is 1. The minimum Gasteiger partial charge on any atom is -0.388 e. The van der Waals surface area contributed by atoms with Gasteiger partial charge in [-0.2, -0.15) is 5.10 Å². The summed E-state index contributed by atoms with van der Waals surface area (Å²) in [5, 5.41) is 13.3. The molecule has 1 aliphatic rings. The van der Waals surface area contributed by atoms with Crippen molar-refractivity contribution in [3.63, 3.8) is 0 Å². The fourth-order valence-electron chi connectivity index (χ4n) is 4.19. The second-order valence-electron chi connectivity index (χ2n) is 8.99. The van der Waals surface area contributed by atoms with Crippen molar-refractivity contribution in [3.8, 4) is 0 Å². The Bertz CT molecular complexity index is 1080. The van der Waals surface area contributed by atoms with Crippen molar-refractivity contribution < 1.29 is 4.79 Å². The van der Waals surface area contributed by atoms with Gasteiger partial charge in [0.2, 0.25) is 0 Å². The monoisotopic (exact) mass is 458 g/mol. The van der Waals surface area contributed by atoms with Crippen LogP contribution >= 0.6 is 0 Å².